The Morgan fingerprint density at radius 3 is 2.35 bits per heavy atom. The zero-order valence-electron chi connectivity index (χ0n) is 10.7. The highest BCUT2D eigenvalue weighted by atomic mass is 79.9. The Kier molecular flexibility index (Phi) is 5.49. The van der Waals surface area contributed by atoms with Crippen molar-refractivity contribution >= 4 is 15.9 Å². The molecule has 5 heteroatoms. The van der Waals surface area contributed by atoms with Crippen molar-refractivity contribution in [3.05, 3.63) is 64.1 Å². The summed E-state index contributed by atoms with van der Waals surface area (Å²) in [6.07, 6.45) is 0. The number of rotatable bonds is 6. The van der Waals surface area contributed by atoms with Crippen LogP contribution in [0.1, 0.15) is 11.1 Å². The molecule has 0 heterocycles. The number of halogens is 3. The van der Waals surface area contributed by atoms with E-state index >= 15 is 0 Å². The Hall–Kier alpha value is -1.46. The maximum absolute atomic E-state index is 12.0. The second kappa shape index (κ2) is 7.36. The van der Waals surface area contributed by atoms with E-state index in [-0.39, 0.29) is 5.75 Å². The van der Waals surface area contributed by atoms with E-state index in [1.165, 1.54) is 5.56 Å². The van der Waals surface area contributed by atoms with Gasteiger partial charge in [0.2, 0.25) is 0 Å². The SMILES string of the molecule is FC(F)Oc1ccc(CNCc2cccc(Br)c2)cc1. The lowest BCUT2D eigenvalue weighted by molar-refractivity contribution is -0.0498. The number of hydrogen-bond donors (Lipinski definition) is 1. The molecule has 1 N–H and O–H groups in total. The molecule has 0 aliphatic carbocycles. The van der Waals surface area contributed by atoms with Crippen molar-refractivity contribution in [1.29, 1.82) is 0 Å². The summed E-state index contributed by atoms with van der Waals surface area (Å²) in [4.78, 5) is 0. The summed E-state index contributed by atoms with van der Waals surface area (Å²) in [7, 11) is 0. The van der Waals surface area contributed by atoms with E-state index in [0.717, 1.165) is 16.6 Å². The van der Waals surface area contributed by atoms with Crippen molar-refractivity contribution in [2.75, 3.05) is 0 Å². The van der Waals surface area contributed by atoms with Crippen LogP contribution in [0.2, 0.25) is 0 Å². The summed E-state index contributed by atoms with van der Waals surface area (Å²) < 4.78 is 29.4. The van der Waals surface area contributed by atoms with E-state index in [4.69, 9.17) is 0 Å². The molecule has 0 radical (unpaired) electrons. The highest BCUT2D eigenvalue weighted by Gasteiger charge is 2.03. The van der Waals surface area contributed by atoms with Gasteiger partial charge in [0.25, 0.3) is 0 Å². The molecule has 0 saturated carbocycles. The molecular weight excluding hydrogens is 328 g/mol. The fraction of sp³-hybridized carbons (Fsp3) is 0.200. The summed E-state index contributed by atoms with van der Waals surface area (Å²) in [6.45, 7) is -1.37. The van der Waals surface area contributed by atoms with Gasteiger partial charge in [-0.3, -0.25) is 0 Å². The van der Waals surface area contributed by atoms with Crippen LogP contribution in [-0.2, 0) is 13.1 Å². The van der Waals surface area contributed by atoms with Crippen LogP contribution in [0.4, 0.5) is 8.78 Å². The molecule has 0 amide bonds. The van der Waals surface area contributed by atoms with Crippen molar-refractivity contribution in [3.63, 3.8) is 0 Å². The molecule has 0 aliphatic heterocycles. The Morgan fingerprint density at radius 2 is 1.70 bits per heavy atom. The molecule has 2 aromatic rings. The molecule has 0 bridgehead atoms. The predicted octanol–water partition coefficient (Wildman–Crippen LogP) is 4.34. The van der Waals surface area contributed by atoms with Crippen LogP contribution in [0.3, 0.4) is 0 Å². The smallest absolute Gasteiger partial charge is 0.387 e. The number of ether oxygens (including phenoxy) is 1. The van der Waals surface area contributed by atoms with Crippen molar-refractivity contribution in [1.82, 2.24) is 5.32 Å². The maximum atomic E-state index is 12.0. The minimum atomic E-state index is -2.78. The number of nitrogens with one attached hydrogen (secondary N) is 1. The normalized spacial score (nSPS) is 10.8. The van der Waals surface area contributed by atoms with E-state index in [1.54, 1.807) is 24.3 Å². The van der Waals surface area contributed by atoms with Gasteiger partial charge in [0, 0.05) is 17.6 Å². The average molecular weight is 342 g/mol. The molecular formula is C15H14BrF2NO. The van der Waals surface area contributed by atoms with E-state index in [2.05, 4.69) is 26.0 Å². The lowest BCUT2D eigenvalue weighted by Crippen LogP contribution is -2.12. The summed E-state index contributed by atoms with van der Waals surface area (Å²) in [5.41, 5.74) is 2.19. The molecule has 0 aromatic heterocycles. The Morgan fingerprint density at radius 1 is 1.00 bits per heavy atom. The van der Waals surface area contributed by atoms with E-state index in [1.807, 2.05) is 24.3 Å². The van der Waals surface area contributed by atoms with Crippen molar-refractivity contribution in [3.8, 4) is 5.75 Å². The molecule has 0 saturated heterocycles. The lowest BCUT2D eigenvalue weighted by Gasteiger charge is -2.07. The third-order valence-electron chi connectivity index (χ3n) is 2.70. The molecule has 0 atom stereocenters. The standard InChI is InChI=1S/C15H14BrF2NO/c16-13-3-1-2-12(8-13)10-19-9-11-4-6-14(7-5-11)20-15(17)18/h1-8,15,19H,9-10H2. The first kappa shape index (κ1) is 14.9. The summed E-state index contributed by atoms with van der Waals surface area (Å²) in [6, 6.07) is 14.7. The first-order chi connectivity index (χ1) is 9.63. The van der Waals surface area contributed by atoms with Gasteiger partial charge in [0.15, 0.2) is 0 Å². The van der Waals surface area contributed by atoms with Crippen LogP contribution < -0.4 is 10.1 Å². The van der Waals surface area contributed by atoms with Gasteiger partial charge in [0.1, 0.15) is 5.75 Å². The molecule has 2 nitrogen and oxygen atoms in total. The minimum absolute atomic E-state index is 0.177. The highest BCUT2D eigenvalue weighted by molar-refractivity contribution is 9.10. The van der Waals surface area contributed by atoms with Gasteiger partial charge in [-0.1, -0.05) is 40.2 Å². The van der Waals surface area contributed by atoms with Crippen LogP contribution in [-0.4, -0.2) is 6.61 Å². The van der Waals surface area contributed by atoms with Gasteiger partial charge in [-0.25, -0.2) is 0 Å². The molecule has 2 aromatic carbocycles. The first-order valence-corrected chi connectivity index (χ1v) is 6.92. The zero-order valence-corrected chi connectivity index (χ0v) is 12.2. The largest absolute Gasteiger partial charge is 0.435 e. The maximum Gasteiger partial charge on any atom is 0.387 e. The number of alkyl halides is 2. The quantitative estimate of drug-likeness (QED) is 0.843. The third-order valence-corrected chi connectivity index (χ3v) is 3.19. The zero-order chi connectivity index (χ0) is 14.4. The van der Waals surface area contributed by atoms with Crippen LogP contribution in [0.25, 0.3) is 0 Å². The van der Waals surface area contributed by atoms with Gasteiger partial charge < -0.3 is 10.1 Å². The predicted molar refractivity (Wildman–Crippen MR) is 77.8 cm³/mol. The van der Waals surface area contributed by atoms with Gasteiger partial charge in [-0.2, -0.15) is 8.78 Å². The number of hydrogen-bond acceptors (Lipinski definition) is 2. The summed E-state index contributed by atoms with van der Waals surface area (Å²) in [5, 5.41) is 3.30. The molecule has 20 heavy (non-hydrogen) atoms. The van der Waals surface area contributed by atoms with E-state index < -0.39 is 6.61 Å². The summed E-state index contributed by atoms with van der Waals surface area (Å²) >= 11 is 3.42. The van der Waals surface area contributed by atoms with Crippen molar-refractivity contribution < 1.29 is 13.5 Å². The van der Waals surface area contributed by atoms with E-state index in [9.17, 15) is 8.78 Å². The molecule has 0 spiro atoms. The molecule has 106 valence electrons. The van der Waals surface area contributed by atoms with Gasteiger partial charge in [-0.15, -0.1) is 0 Å². The second-order valence-electron chi connectivity index (χ2n) is 4.26. The third kappa shape index (κ3) is 4.90. The average Bonchev–Trinajstić information content (AvgIpc) is 2.40. The van der Waals surface area contributed by atoms with Crippen molar-refractivity contribution in [2.24, 2.45) is 0 Å². The topological polar surface area (TPSA) is 21.3 Å². The van der Waals surface area contributed by atoms with Crippen LogP contribution in [0, 0.1) is 0 Å². The monoisotopic (exact) mass is 341 g/mol. The first-order valence-electron chi connectivity index (χ1n) is 6.12. The Bertz CT molecular complexity index is 546. The lowest BCUT2D eigenvalue weighted by atomic mass is 10.2. The van der Waals surface area contributed by atoms with E-state index in [0.29, 0.717) is 6.54 Å². The molecule has 0 aliphatic rings. The Labute approximate surface area is 124 Å². The molecule has 0 unspecified atom stereocenters. The minimum Gasteiger partial charge on any atom is -0.435 e. The Balaban J connectivity index is 1.82. The second-order valence-corrected chi connectivity index (χ2v) is 5.17. The molecule has 2 rings (SSSR count). The molecule has 0 fully saturated rings. The van der Waals surface area contributed by atoms with Crippen LogP contribution in [0.15, 0.2) is 53.0 Å². The summed E-state index contributed by atoms with van der Waals surface area (Å²) in [5.74, 6) is 0.177. The fourth-order valence-corrected chi connectivity index (χ4v) is 2.23. The number of benzene rings is 2. The fourth-order valence-electron chi connectivity index (χ4n) is 1.79. The highest BCUT2D eigenvalue weighted by Crippen LogP contribution is 2.15. The van der Waals surface area contributed by atoms with Gasteiger partial charge in [0.05, 0.1) is 0 Å². The van der Waals surface area contributed by atoms with Gasteiger partial charge in [-0.05, 0) is 35.4 Å². The van der Waals surface area contributed by atoms with Crippen LogP contribution >= 0.6 is 15.9 Å². The van der Waals surface area contributed by atoms with Crippen molar-refractivity contribution in [2.45, 2.75) is 19.7 Å². The van der Waals surface area contributed by atoms with Crippen LogP contribution in [0.5, 0.6) is 5.75 Å². The van der Waals surface area contributed by atoms with Gasteiger partial charge >= 0.3 is 6.61 Å².